The van der Waals surface area contributed by atoms with E-state index >= 15 is 0 Å². The summed E-state index contributed by atoms with van der Waals surface area (Å²) in [6.07, 6.45) is 7.68. The second-order valence-electron chi connectivity index (χ2n) is 7.94. The molecule has 0 unspecified atom stereocenters. The summed E-state index contributed by atoms with van der Waals surface area (Å²) in [5, 5.41) is 11.2. The lowest BCUT2D eigenvalue weighted by Gasteiger charge is -2.34. The molecule has 8 nitrogen and oxygen atoms in total. The van der Waals surface area contributed by atoms with Gasteiger partial charge in [0.2, 0.25) is 0 Å². The van der Waals surface area contributed by atoms with Crippen molar-refractivity contribution in [2.45, 2.75) is 31.3 Å². The summed E-state index contributed by atoms with van der Waals surface area (Å²) in [5.74, 6) is 0.575. The van der Waals surface area contributed by atoms with E-state index in [4.69, 9.17) is 4.74 Å². The van der Waals surface area contributed by atoms with Gasteiger partial charge in [0.1, 0.15) is 17.1 Å². The molecule has 3 fully saturated rings. The molecule has 1 aromatic rings. The van der Waals surface area contributed by atoms with Crippen molar-refractivity contribution in [3.8, 4) is 0 Å². The number of nitrogens with zero attached hydrogens (tertiary/aromatic N) is 5. The normalized spacial score (nSPS) is 27.1. The average molecular weight is 375 g/mol. The lowest BCUT2D eigenvalue weighted by molar-refractivity contribution is -0.0439. The van der Waals surface area contributed by atoms with E-state index in [0.717, 1.165) is 39.0 Å². The van der Waals surface area contributed by atoms with Crippen LogP contribution in [-0.2, 0) is 4.74 Å². The topological polar surface area (TPSA) is 82.0 Å². The fourth-order valence-corrected chi connectivity index (χ4v) is 4.26. The zero-order valence-corrected chi connectivity index (χ0v) is 15.8. The highest BCUT2D eigenvalue weighted by Crippen LogP contribution is 2.21. The Kier molecular flexibility index (Phi) is 5.56. The smallest absolute Gasteiger partial charge is 0.274 e. The van der Waals surface area contributed by atoms with Crippen LogP contribution in [-0.4, -0.2) is 95.4 Å². The SMILES string of the molecule is O=C(c1cncc(N2CCOC[C@@](O)(CN3CCCC3)C2)n1)N1CCCC1. The number of β-amino-alcohol motifs (C(OH)–C–C–N with tert-alkyl or cyclic N) is 1. The molecule has 3 aliphatic heterocycles. The molecule has 0 saturated carbocycles. The molecule has 8 heteroatoms. The van der Waals surface area contributed by atoms with Crippen LogP contribution in [0.15, 0.2) is 12.4 Å². The first-order valence-electron chi connectivity index (χ1n) is 10.0. The van der Waals surface area contributed by atoms with Crippen molar-refractivity contribution in [3.63, 3.8) is 0 Å². The van der Waals surface area contributed by atoms with Crippen molar-refractivity contribution in [1.29, 1.82) is 0 Å². The van der Waals surface area contributed by atoms with Gasteiger partial charge in [0.25, 0.3) is 5.91 Å². The van der Waals surface area contributed by atoms with Crippen molar-refractivity contribution in [2.24, 2.45) is 0 Å². The molecule has 0 aromatic carbocycles. The molecule has 3 saturated heterocycles. The van der Waals surface area contributed by atoms with Crippen LogP contribution in [0.4, 0.5) is 5.82 Å². The summed E-state index contributed by atoms with van der Waals surface area (Å²) in [6, 6.07) is 0. The van der Waals surface area contributed by atoms with Gasteiger partial charge in [0, 0.05) is 26.2 Å². The highest BCUT2D eigenvalue weighted by atomic mass is 16.5. The van der Waals surface area contributed by atoms with Crippen molar-refractivity contribution in [1.82, 2.24) is 19.8 Å². The Morgan fingerprint density at radius 1 is 1.11 bits per heavy atom. The predicted molar refractivity (Wildman–Crippen MR) is 101 cm³/mol. The Balaban J connectivity index is 1.49. The van der Waals surface area contributed by atoms with Crippen molar-refractivity contribution < 1.29 is 14.6 Å². The summed E-state index contributed by atoms with van der Waals surface area (Å²) < 4.78 is 5.69. The highest BCUT2D eigenvalue weighted by molar-refractivity contribution is 5.92. The van der Waals surface area contributed by atoms with E-state index < -0.39 is 5.60 Å². The molecule has 0 spiro atoms. The first-order valence-corrected chi connectivity index (χ1v) is 10.0. The minimum Gasteiger partial charge on any atom is -0.384 e. The third-order valence-corrected chi connectivity index (χ3v) is 5.64. The van der Waals surface area contributed by atoms with Gasteiger partial charge in [-0.25, -0.2) is 4.98 Å². The van der Waals surface area contributed by atoms with Crippen LogP contribution in [0.3, 0.4) is 0 Å². The van der Waals surface area contributed by atoms with Crippen molar-refractivity contribution in [2.75, 3.05) is 63.9 Å². The number of hydrogen-bond donors (Lipinski definition) is 1. The molecule has 1 N–H and O–H groups in total. The zero-order chi connectivity index (χ0) is 18.7. The van der Waals surface area contributed by atoms with Crippen LogP contribution in [0.25, 0.3) is 0 Å². The quantitative estimate of drug-likeness (QED) is 0.814. The van der Waals surface area contributed by atoms with Crippen molar-refractivity contribution in [3.05, 3.63) is 18.1 Å². The molecule has 1 atom stereocenters. The van der Waals surface area contributed by atoms with Gasteiger partial charge in [0.05, 0.1) is 32.2 Å². The van der Waals surface area contributed by atoms with Gasteiger partial charge in [-0.3, -0.25) is 9.78 Å². The third-order valence-electron chi connectivity index (χ3n) is 5.64. The van der Waals surface area contributed by atoms with E-state index in [1.54, 1.807) is 6.20 Å². The molecule has 0 radical (unpaired) electrons. The van der Waals surface area contributed by atoms with Crippen LogP contribution in [0, 0.1) is 0 Å². The van der Waals surface area contributed by atoms with Crippen LogP contribution >= 0.6 is 0 Å². The monoisotopic (exact) mass is 375 g/mol. The highest BCUT2D eigenvalue weighted by Gasteiger charge is 2.36. The molecule has 27 heavy (non-hydrogen) atoms. The molecular formula is C19H29N5O3. The summed E-state index contributed by atoms with van der Waals surface area (Å²) in [7, 11) is 0. The number of likely N-dealkylation sites (tertiary alicyclic amines) is 2. The first-order chi connectivity index (χ1) is 13.1. The predicted octanol–water partition coefficient (Wildman–Crippen LogP) is 0.376. The maximum atomic E-state index is 12.6. The second-order valence-corrected chi connectivity index (χ2v) is 7.94. The number of aliphatic hydroxyl groups is 1. The summed E-state index contributed by atoms with van der Waals surface area (Å²) in [6.45, 7) is 6.13. The number of anilines is 1. The number of rotatable bonds is 4. The molecular weight excluding hydrogens is 346 g/mol. The standard InChI is InChI=1S/C19H29N5O3/c25-18(23-7-3-4-8-23)16-11-20-12-17(21-16)24-9-10-27-15-19(26,14-24)13-22-5-1-2-6-22/h11-12,26H,1-10,13-15H2/t19-/m1/s1. The molecule has 3 aliphatic rings. The van der Waals surface area contributed by atoms with Crippen LogP contribution < -0.4 is 4.90 Å². The van der Waals surface area contributed by atoms with Gasteiger partial charge >= 0.3 is 0 Å². The van der Waals surface area contributed by atoms with Gasteiger partial charge < -0.3 is 24.5 Å². The summed E-state index contributed by atoms with van der Waals surface area (Å²) in [4.78, 5) is 27.6. The fraction of sp³-hybridized carbons (Fsp3) is 0.737. The Hall–Kier alpha value is -1.77. The molecule has 148 valence electrons. The van der Waals surface area contributed by atoms with Crippen LogP contribution in [0.1, 0.15) is 36.2 Å². The van der Waals surface area contributed by atoms with Gasteiger partial charge in [0.15, 0.2) is 0 Å². The molecule has 0 bridgehead atoms. The van der Waals surface area contributed by atoms with E-state index in [9.17, 15) is 9.90 Å². The van der Waals surface area contributed by atoms with Gasteiger partial charge in [-0.05, 0) is 38.8 Å². The lowest BCUT2D eigenvalue weighted by Crippen LogP contribution is -2.52. The fourth-order valence-electron chi connectivity index (χ4n) is 4.26. The van der Waals surface area contributed by atoms with E-state index in [1.807, 2.05) is 9.80 Å². The number of amides is 1. The molecule has 4 rings (SSSR count). The van der Waals surface area contributed by atoms with E-state index in [1.165, 1.54) is 19.0 Å². The average Bonchev–Trinajstić information content (AvgIpc) is 3.35. The maximum Gasteiger partial charge on any atom is 0.274 e. The summed E-state index contributed by atoms with van der Waals surface area (Å²) >= 11 is 0. The molecule has 4 heterocycles. The number of carbonyl (C=O) groups is 1. The number of carbonyl (C=O) groups excluding carboxylic acids is 1. The zero-order valence-electron chi connectivity index (χ0n) is 15.8. The van der Waals surface area contributed by atoms with E-state index in [2.05, 4.69) is 14.9 Å². The van der Waals surface area contributed by atoms with Crippen molar-refractivity contribution >= 4 is 11.7 Å². The Labute approximate surface area is 160 Å². The van der Waals surface area contributed by atoms with E-state index in [-0.39, 0.29) is 5.91 Å². The maximum absolute atomic E-state index is 12.6. The second kappa shape index (κ2) is 8.08. The Bertz CT molecular complexity index is 661. The third kappa shape index (κ3) is 4.39. The van der Waals surface area contributed by atoms with E-state index in [0.29, 0.717) is 44.4 Å². The molecule has 0 aliphatic carbocycles. The van der Waals surface area contributed by atoms with Gasteiger partial charge in [-0.15, -0.1) is 0 Å². The number of ether oxygens (including phenoxy) is 1. The minimum absolute atomic E-state index is 0.0553. The van der Waals surface area contributed by atoms with Crippen LogP contribution in [0.5, 0.6) is 0 Å². The first kappa shape index (κ1) is 18.6. The summed E-state index contributed by atoms with van der Waals surface area (Å²) in [5.41, 5.74) is -0.569. The number of aromatic nitrogens is 2. The Morgan fingerprint density at radius 2 is 1.85 bits per heavy atom. The van der Waals surface area contributed by atoms with Crippen LogP contribution in [0.2, 0.25) is 0 Å². The minimum atomic E-state index is -0.947. The number of hydrogen-bond acceptors (Lipinski definition) is 7. The van der Waals surface area contributed by atoms with Gasteiger partial charge in [-0.2, -0.15) is 0 Å². The molecule has 1 aromatic heterocycles. The Morgan fingerprint density at radius 3 is 2.63 bits per heavy atom. The largest absolute Gasteiger partial charge is 0.384 e. The molecule has 1 amide bonds. The van der Waals surface area contributed by atoms with Gasteiger partial charge in [-0.1, -0.05) is 0 Å². The lowest BCUT2D eigenvalue weighted by atomic mass is 10.0.